The standard InChI is InChI=1S/C12H13NO/c1-9-4-3-5-10-6-7-13(2)12(14)11(10)8-9/h3-9H,1-2H3. The third-order valence-electron chi connectivity index (χ3n) is 2.46. The first-order chi connectivity index (χ1) is 6.68. The number of fused-ring (bicyclic) bond motifs is 1. The van der Waals surface area contributed by atoms with Crippen LogP contribution in [0.3, 0.4) is 0 Å². The molecule has 2 nitrogen and oxygen atoms in total. The highest BCUT2D eigenvalue weighted by atomic mass is 16.1. The number of aryl methyl sites for hydroxylation is 1. The number of nitrogens with zero attached hydrogens (tertiary/aromatic N) is 1. The van der Waals surface area contributed by atoms with Crippen LogP contribution in [0.1, 0.15) is 6.92 Å². The minimum Gasteiger partial charge on any atom is -0.318 e. The molecule has 0 amide bonds. The van der Waals surface area contributed by atoms with Gasteiger partial charge in [0.05, 0.1) is 0 Å². The molecular weight excluding hydrogens is 174 g/mol. The molecule has 0 saturated carbocycles. The van der Waals surface area contributed by atoms with Crippen molar-refractivity contribution >= 4 is 12.2 Å². The van der Waals surface area contributed by atoms with Crippen LogP contribution in [0.2, 0.25) is 0 Å². The van der Waals surface area contributed by atoms with E-state index in [9.17, 15) is 4.79 Å². The molecule has 1 aliphatic rings. The Bertz CT molecular complexity index is 549. The maximum absolute atomic E-state index is 11.8. The first-order valence-corrected chi connectivity index (χ1v) is 4.74. The van der Waals surface area contributed by atoms with E-state index in [4.69, 9.17) is 0 Å². The van der Waals surface area contributed by atoms with Crippen LogP contribution in [0.25, 0.3) is 12.2 Å². The van der Waals surface area contributed by atoms with Crippen molar-refractivity contribution in [3.05, 3.63) is 45.2 Å². The maximum atomic E-state index is 11.8. The van der Waals surface area contributed by atoms with E-state index in [1.807, 2.05) is 24.3 Å². The van der Waals surface area contributed by atoms with Crippen molar-refractivity contribution in [2.45, 2.75) is 6.92 Å². The average Bonchev–Trinajstić information content (AvgIpc) is 2.34. The van der Waals surface area contributed by atoms with E-state index in [0.717, 1.165) is 10.4 Å². The smallest absolute Gasteiger partial charge is 0.257 e. The zero-order chi connectivity index (χ0) is 10.1. The molecule has 1 atom stereocenters. The van der Waals surface area contributed by atoms with Crippen LogP contribution < -0.4 is 16.0 Å². The third-order valence-corrected chi connectivity index (χ3v) is 2.46. The van der Waals surface area contributed by atoms with Crippen molar-refractivity contribution in [3.8, 4) is 0 Å². The summed E-state index contributed by atoms with van der Waals surface area (Å²) in [5.41, 5.74) is 0.0781. The second-order valence-electron chi connectivity index (χ2n) is 3.68. The SMILES string of the molecule is CC1C=CC=c2ccn(C)c(=O)c2=C1. The van der Waals surface area contributed by atoms with Gasteiger partial charge < -0.3 is 4.57 Å². The second-order valence-corrected chi connectivity index (χ2v) is 3.68. The highest BCUT2D eigenvalue weighted by Gasteiger charge is 1.99. The summed E-state index contributed by atoms with van der Waals surface area (Å²) in [5, 5.41) is 1.82. The Morgan fingerprint density at radius 1 is 1.43 bits per heavy atom. The lowest BCUT2D eigenvalue weighted by atomic mass is 10.1. The van der Waals surface area contributed by atoms with Gasteiger partial charge in [-0.15, -0.1) is 0 Å². The molecule has 1 aliphatic carbocycles. The fraction of sp³-hybridized carbons (Fsp3) is 0.250. The zero-order valence-electron chi connectivity index (χ0n) is 8.40. The highest BCUT2D eigenvalue weighted by Crippen LogP contribution is 1.99. The molecule has 1 aromatic heterocycles. The molecule has 2 rings (SSSR count). The van der Waals surface area contributed by atoms with Crippen LogP contribution in [0.15, 0.2) is 29.2 Å². The summed E-state index contributed by atoms with van der Waals surface area (Å²) in [6.07, 6.45) is 9.88. The van der Waals surface area contributed by atoms with Gasteiger partial charge >= 0.3 is 0 Å². The third kappa shape index (κ3) is 1.43. The Morgan fingerprint density at radius 2 is 2.21 bits per heavy atom. The van der Waals surface area contributed by atoms with Crippen LogP contribution in [0, 0.1) is 5.92 Å². The molecule has 0 aromatic carbocycles. The Kier molecular flexibility index (Phi) is 2.12. The summed E-state index contributed by atoms with van der Waals surface area (Å²) >= 11 is 0. The molecular formula is C12H13NO. The number of allylic oxidation sites excluding steroid dienone is 2. The van der Waals surface area contributed by atoms with Crippen molar-refractivity contribution < 1.29 is 0 Å². The largest absolute Gasteiger partial charge is 0.318 e. The molecule has 1 heterocycles. The van der Waals surface area contributed by atoms with Gasteiger partial charge in [0, 0.05) is 18.5 Å². The summed E-state index contributed by atoms with van der Waals surface area (Å²) in [5.74, 6) is 0.322. The van der Waals surface area contributed by atoms with Crippen LogP contribution in [0.4, 0.5) is 0 Å². The lowest BCUT2D eigenvalue weighted by Crippen LogP contribution is -2.43. The summed E-state index contributed by atoms with van der Waals surface area (Å²) in [4.78, 5) is 11.8. The molecule has 72 valence electrons. The van der Waals surface area contributed by atoms with Crippen LogP contribution in [0.5, 0.6) is 0 Å². The molecule has 0 fully saturated rings. The minimum atomic E-state index is 0.0781. The Labute approximate surface area is 82.5 Å². The summed E-state index contributed by atoms with van der Waals surface area (Å²) in [6, 6.07) is 1.97. The lowest BCUT2D eigenvalue weighted by Gasteiger charge is -1.97. The van der Waals surface area contributed by atoms with E-state index in [0.29, 0.717) is 5.92 Å². The fourth-order valence-corrected chi connectivity index (χ4v) is 1.63. The molecule has 0 aliphatic heterocycles. The molecule has 0 N–H and O–H groups in total. The molecule has 1 aromatic rings. The van der Waals surface area contributed by atoms with Gasteiger partial charge in [0.15, 0.2) is 0 Å². The van der Waals surface area contributed by atoms with Gasteiger partial charge in [0.1, 0.15) is 0 Å². The monoisotopic (exact) mass is 187 g/mol. The minimum absolute atomic E-state index is 0.0781. The predicted octanol–water partition coefficient (Wildman–Crippen LogP) is 0.152. The van der Waals surface area contributed by atoms with Crippen molar-refractivity contribution in [1.29, 1.82) is 0 Å². The Hall–Kier alpha value is -1.57. The predicted molar refractivity (Wildman–Crippen MR) is 58.2 cm³/mol. The quantitative estimate of drug-likeness (QED) is 0.567. The lowest BCUT2D eigenvalue weighted by molar-refractivity contribution is 0.843. The topological polar surface area (TPSA) is 22.0 Å². The van der Waals surface area contributed by atoms with Gasteiger partial charge in [-0.25, -0.2) is 0 Å². The van der Waals surface area contributed by atoms with Crippen LogP contribution >= 0.6 is 0 Å². The zero-order valence-corrected chi connectivity index (χ0v) is 8.40. The summed E-state index contributed by atoms with van der Waals surface area (Å²) in [6.45, 7) is 2.08. The van der Waals surface area contributed by atoms with Crippen molar-refractivity contribution in [2.75, 3.05) is 0 Å². The van der Waals surface area contributed by atoms with Crippen molar-refractivity contribution in [1.82, 2.24) is 4.57 Å². The van der Waals surface area contributed by atoms with Crippen LogP contribution in [-0.2, 0) is 7.05 Å². The molecule has 0 saturated heterocycles. The van der Waals surface area contributed by atoms with Crippen LogP contribution in [-0.4, -0.2) is 4.57 Å². The first-order valence-electron chi connectivity index (χ1n) is 4.74. The molecule has 1 unspecified atom stereocenters. The number of aromatic nitrogens is 1. The first kappa shape index (κ1) is 9.00. The van der Waals surface area contributed by atoms with E-state index in [2.05, 4.69) is 13.0 Å². The van der Waals surface area contributed by atoms with Gasteiger partial charge in [-0.2, -0.15) is 0 Å². The van der Waals surface area contributed by atoms with E-state index >= 15 is 0 Å². The molecule has 0 spiro atoms. The Morgan fingerprint density at radius 3 is 3.00 bits per heavy atom. The molecule has 2 heteroatoms. The maximum Gasteiger partial charge on any atom is 0.257 e. The molecule has 0 radical (unpaired) electrons. The van der Waals surface area contributed by atoms with Gasteiger partial charge in [-0.1, -0.05) is 31.2 Å². The van der Waals surface area contributed by atoms with E-state index < -0.39 is 0 Å². The number of hydrogen-bond acceptors (Lipinski definition) is 1. The van der Waals surface area contributed by atoms with Gasteiger partial charge in [-0.3, -0.25) is 4.79 Å². The molecule has 0 bridgehead atoms. The van der Waals surface area contributed by atoms with Gasteiger partial charge in [-0.05, 0) is 17.2 Å². The second kappa shape index (κ2) is 3.29. The van der Waals surface area contributed by atoms with Crippen molar-refractivity contribution in [3.63, 3.8) is 0 Å². The average molecular weight is 187 g/mol. The molecule has 14 heavy (non-hydrogen) atoms. The van der Waals surface area contributed by atoms with E-state index in [1.165, 1.54) is 0 Å². The number of hydrogen-bond donors (Lipinski definition) is 0. The summed E-state index contributed by atoms with van der Waals surface area (Å²) < 4.78 is 1.61. The van der Waals surface area contributed by atoms with Gasteiger partial charge in [0.25, 0.3) is 5.56 Å². The van der Waals surface area contributed by atoms with E-state index in [-0.39, 0.29) is 5.56 Å². The van der Waals surface area contributed by atoms with Crippen molar-refractivity contribution in [2.24, 2.45) is 13.0 Å². The normalized spacial score (nSPS) is 19.1. The summed E-state index contributed by atoms with van der Waals surface area (Å²) in [7, 11) is 1.78. The highest BCUT2D eigenvalue weighted by molar-refractivity contribution is 5.44. The number of rotatable bonds is 0. The number of pyridine rings is 1. The Balaban J connectivity index is 2.92. The fourth-order valence-electron chi connectivity index (χ4n) is 1.63. The van der Waals surface area contributed by atoms with E-state index in [1.54, 1.807) is 17.8 Å². The van der Waals surface area contributed by atoms with Gasteiger partial charge in [0.2, 0.25) is 0 Å².